The topological polar surface area (TPSA) is 67.2 Å². The van der Waals surface area contributed by atoms with E-state index < -0.39 is 29.3 Å². The average Bonchev–Trinajstić information content (AvgIpc) is 3.21. The van der Waals surface area contributed by atoms with Crippen LogP contribution in [-0.2, 0) is 12.7 Å². The number of aromatic nitrogens is 2. The molecule has 4 aromatic rings. The highest BCUT2D eigenvalue weighted by atomic mass is 19.4. The predicted molar refractivity (Wildman–Crippen MR) is 115 cm³/mol. The van der Waals surface area contributed by atoms with Crippen LogP contribution in [0.25, 0.3) is 16.9 Å². The number of hydrogen-bond donors (Lipinski definition) is 2. The molecule has 0 aliphatic rings. The van der Waals surface area contributed by atoms with E-state index in [1.54, 1.807) is 12.3 Å². The molecular weight excluding hydrogens is 457 g/mol. The van der Waals surface area contributed by atoms with Crippen molar-refractivity contribution in [1.29, 1.82) is 0 Å². The SMILES string of the molecule is O=C(O)c1ccc(-n2cc(CNc3cc(F)cc(C(F)(F)F)c3)c(-c3cccc(F)c3)n2)cc1. The van der Waals surface area contributed by atoms with Gasteiger partial charge in [0.05, 0.1) is 22.5 Å². The molecule has 34 heavy (non-hydrogen) atoms. The Morgan fingerprint density at radius 1 is 0.971 bits per heavy atom. The zero-order chi connectivity index (χ0) is 24.5. The van der Waals surface area contributed by atoms with E-state index in [2.05, 4.69) is 10.4 Å². The fourth-order valence-corrected chi connectivity index (χ4v) is 3.36. The van der Waals surface area contributed by atoms with E-state index in [0.29, 0.717) is 28.6 Å². The number of hydrogen-bond acceptors (Lipinski definition) is 3. The van der Waals surface area contributed by atoms with E-state index in [9.17, 15) is 26.7 Å². The van der Waals surface area contributed by atoms with E-state index in [0.717, 1.165) is 12.1 Å². The Hall–Kier alpha value is -4.21. The molecule has 0 saturated heterocycles. The highest BCUT2D eigenvalue weighted by molar-refractivity contribution is 5.87. The summed E-state index contributed by atoms with van der Waals surface area (Å²) in [4.78, 5) is 11.1. The third kappa shape index (κ3) is 5.06. The lowest BCUT2D eigenvalue weighted by Gasteiger charge is -2.11. The number of alkyl halides is 3. The molecule has 1 heterocycles. The molecule has 0 aliphatic carbocycles. The number of halogens is 5. The number of carbonyl (C=O) groups is 1. The molecule has 0 radical (unpaired) electrons. The Balaban J connectivity index is 1.70. The van der Waals surface area contributed by atoms with E-state index in [4.69, 9.17) is 5.11 Å². The molecule has 0 aliphatic heterocycles. The van der Waals surface area contributed by atoms with Gasteiger partial charge in [0.15, 0.2) is 0 Å². The van der Waals surface area contributed by atoms with E-state index in [1.807, 2.05) is 0 Å². The fourth-order valence-electron chi connectivity index (χ4n) is 3.36. The van der Waals surface area contributed by atoms with Crippen molar-refractivity contribution in [3.8, 4) is 16.9 Å². The maximum atomic E-state index is 13.8. The summed E-state index contributed by atoms with van der Waals surface area (Å²) in [5.74, 6) is -2.64. The van der Waals surface area contributed by atoms with Gasteiger partial charge in [-0.2, -0.15) is 18.3 Å². The molecule has 0 bridgehead atoms. The van der Waals surface area contributed by atoms with Crippen LogP contribution in [0.3, 0.4) is 0 Å². The highest BCUT2D eigenvalue weighted by Crippen LogP contribution is 2.32. The van der Waals surface area contributed by atoms with Gasteiger partial charge in [0.1, 0.15) is 11.6 Å². The molecule has 1 aromatic heterocycles. The van der Waals surface area contributed by atoms with Crippen LogP contribution in [0.2, 0.25) is 0 Å². The Bertz CT molecular complexity index is 1350. The average molecular weight is 473 g/mol. The number of nitrogens with zero attached hydrogens (tertiary/aromatic N) is 2. The number of carboxylic acid groups (broad SMARTS) is 1. The Kier molecular flexibility index (Phi) is 6.06. The molecule has 10 heteroatoms. The van der Waals surface area contributed by atoms with Gasteiger partial charge in [0.2, 0.25) is 0 Å². The minimum Gasteiger partial charge on any atom is -0.478 e. The van der Waals surface area contributed by atoms with Gasteiger partial charge < -0.3 is 10.4 Å². The lowest BCUT2D eigenvalue weighted by Crippen LogP contribution is -2.07. The summed E-state index contributed by atoms with van der Waals surface area (Å²) in [5.41, 5.74) is 0.639. The first-order valence-electron chi connectivity index (χ1n) is 9.90. The van der Waals surface area contributed by atoms with Crippen molar-refractivity contribution < 1.29 is 31.9 Å². The molecule has 0 atom stereocenters. The zero-order valence-corrected chi connectivity index (χ0v) is 17.3. The zero-order valence-electron chi connectivity index (χ0n) is 17.3. The smallest absolute Gasteiger partial charge is 0.416 e. The quantitative estimate of drug-likeness (QED) is 0.330. The van der Waals surface area contributed by atoms with Crippen LogP contribution in [0.5, 0.6) is 0 Å². The van der Waals surface area contributed by atoms with Crippen molar-refractivity contribution in [2.24, 2.45) is 0 Å². The Labute approximate surface area is 190 Å². The molecule has 2 N–H and O–H groups in total. The van der Waals surface area contributed by atoms with Crippen molar-refractivity contribution in [1.82, 2.24) is 9.78 Å². The lowest BCUT2D eigenvalue weighted by atomic mass is 10.1. The van der Waals surface area contributed by atoms with Gasteiger partial charge in [-0.05, 0) is 54.6 Å². The number of nitrogens with one attached hydrogen (secondary N) is 1. The molecule has 0 amide bonds. The third-order valence-corrected chi connectivity index (χ3v) is 4.97. The van der Waals surface area contributed by atoms with Crippen LogP contribution in [-0.4, -0.2) is 20.9 Å². The second kappa shape index (κ2) is 8.97. The van der Waals surface area contributed by atoms with Crippen LogP contribution in [0.1, 0.15) is 21.5 Å². The lowest BCUT2D eigenvalue weighted by molar-refractivity contribution is -0.137. The van der Waals surface area contributed by atoms with Crippen molar-refractivity contribution in [3.05, 3.63) is 101 Å². The standard InChI is InChI=1S/C24H16F5N3O2/c25-18-3-1-2-15(8-18)22-16(12-30-20-10-17(24(27,28)29)9-19(26)11-20)13-32(31-22)21-6-4-14(5-7-21)23(33)34/h1-11,13,30H,12H2,(H,33,34). The number of carboxylic acids is 1. The van der Waals surface area contributed by atoms with Crippen LogP contribution in [0, 0.1) is 11.6 Å². The molecular formula is C24H16F5N3O2. The highest BCUT2D eigenvalue weighted by Gasteiger charge is 2.31. The second-order valence-corrected chi connectivity index (χ2v) is 7.39. The summed E-state index contributed by atoms with van der Waals surface area (Å²) >= 11 is 0. The van der Waals surface area contributed by atoms with Crippen molar-refractivity contribution >= 4 is 11.7 Å². The minimum atomic E-state index is -4.71. The Morgan fingerprint density at radius 2 is 1.71 bits per heavy atom. The van der Waals surface area contributed by atoms with Crippen LogP contribution < -0.4 is 5.32 Å². The summed E-state index contributed by atoms with van der Waals surface area (Å²) in [7, 11) is 0. The summed E-state index contributed by atoms with van der Waals surface area (Å²) in [6, 6.07) is 13.6. The van der Waals surface area contributed by atoms with Gasteiger partial charge >= 0.3 is 12.1 Å². The van der Waals surface area contributed by atoms with Gasteiger partial charge in [-0.15, -0.1) is 0 Å². The van der Waals surface area contributed by atoms with Crippen LogP contribution >= 0.6 is 0 Å². The monoisotopic (exact) mass is 473 g/mol. The molecule has 5 nitrogen and oxygen atoms in total. The summed E-state index contributed by atoms with van der Waals surface area (Å²) < 4.78 is 68.1. The summed E-state index contributed by atoms with van der Waals surface area (Å²) in [5, 5.41) is 16.3. The number of aromatic carboxylic acids is 1. The minimum absolute atomic E-state index is 0.0419. The van der Waals surface area contributed by atoms with Gasteiger partial charge in [0.25, 0.3) is 0 Å². The molecule has 0 fully saturated rings. The molecule has 3 aromatic carbocycles. The number of anilines is 1. The van der Waals surface area contributed by atoms with E-state index in [1.165, 1.54) is 47.1 Å². The van der Waals surface area contributed by atoms with Crippen molar-refractivity contribution in [2.75, 3.05) is 5.32 Å². The Morgan fingerprint density at radius 3 is 2.35 bits per heavy atom. The van der Waals surface area contributed by atoms with Gasteiger partial charge in [-0.25, -0.2) is 18.3 Å². The second-order valence-electron chi connectivity index (χ2n) is 7.39. The van der Waals surface area contributed by atoms with Gasteiger partial charge in [-0.1, -0.05) is 12.1 Å². The van der Waals surface area contributed by atoms with Crippen LogP contribution in [0.4, 0.5) is 27.6 Å². The number of rotatable bonds is 6. The van der Waals surface area contributed by atoms with E-state index in [-0.39, 0.29) is 17.8 Å². The first kappa shape index (κ1) is 23.0. The number of benzene rings is 3. The molecule has 0 spiro atoms. The molecule has 0 saturated carbocycles. The van der Waals surface area contributed by atoms with E-state index >= 15 is 0 Å². The maximum Gasteiger partial charge on any atom is 0.416 e. The first-order valence-corrected chi connectivity index (χ1v) is 9.90. The first-order chi connectivity index (χ1) is 16.1. The van der Waals surface area contributed by atoms with Gasteiger partial charge in [0, 0.05) is 29.6 Å². The van der Waals surface area contributed by atoms with Crippen molar-refractivity contribution in [3.63, 3.8) is 0 Å². The normalized spacial score (nSPS) is 11.4. The van der Waals surface area contributed by atoms with Gasteiger partial charge in [-0.3, -0.25) is 0 Å². The molecule has 174 valence electrons. The summed E-state index contributed by atoms with van der Waals surface area (Å²) in [6.07, 6.45) is -3.13. The maximum absolute atomic E-state index is 13.8. The van der Waals surface area contributed by atoms with Crippen molar-refractivity contribution in [2.45, 2.75) is 12.7 Å². The molecule has 0 unspecified atom stereocenters. The summed E-state index contributed by atoms with van der Waals surface area (Å²) in [6.45, 7) is -0.0419. The largest absolute Gasteiger partial charge is 0.478 e. The van der Waals surface area contributed by atoms with Crippen LogP contribution in [0.15, 0.2) is 72.9 Å². The fraction of sp³-hybridized carbons (Fsp3) is 0.0833. The third-order valence-electron chi connectivity index (χ3n) is 4.97. The predicted octanol–water partition coefficient (Wildman–Crippen LogP) is 6.15. The molecule has 4 rings (SSSR count).